The normalized spacial score (nSPS) is 15.2. The van der Waals surface area contributed by atoms with Crippen molar-refractivity contribution < 1.29 is 9.53 Å². The zero-order valence-corrected chi connectivity index (χ0v) is 24.8. The first-order valence-corrected chi connectivity index (χ1v) is 15.1. The van der Waals surface area contributed by atoms with Gasteiger partial charge >= 0.3 is 5.97 Å². The smallest absolute Gasteiger partial charge is 0.338 e. The van der Waals surface area contributed by atoms with Gasteiger partial charge in [0.05, 0.1) is 27.6 Å². The molecule has 0 spiro atoms. The van der Waals surface area contributed by atoms with E-state index >= 15 is 0 Å². The maximum atomic E-state index is 14.1. The Kier molecular flexibility index (Phi) is 7.33. The Labute approximate surface area is 249 Å². The minimum Gasteiger partial charge on any atom is -0.459 e. The molecule has 0 radical (unpaired) electrons. The molecular formula is C31H25ClN4O3S2. The van der Waals surface area contributed by atoms with E-state index in [2.05, 4.69) is 0 Å². The summed E-state index contributed by atoms with van der Waals surface area (Å²) in [7, 11) is 0. The molecule has 7 nitrogen and oxygen atoms in total. The Bertz CT molecular complexity index is 1950. The number of thiazole rings is 1. The highest BCUT2D eigenvalue weighted by atomic mass is 35.5. The van der Waals surface area contributed by atoms with Gasteiger partial charge in [-0.1, -0.05) is 59.3 Å². The predicted octanol–water partition coefficient (Wildman–Crippen LogP) is 5.75. The summed E-state index contributed by atoms with van der Waals surface area (Å²) in [6.45, 7) is 5.39. The summed E-state index contributed by atoms with van der Waals surface area (Å²) in [6, 6.07) is 20.5. The third-order valence-corrected chi connectivity index (χ3v) is 8.72. The molecule has 4 heterocycles. The van der Waals surface area contributed by atoms with Crippen LogP contribution in [0.25, 0.3) is 23.0 Å². The molecule has 206 valence electrons. The maximum absolute atomic E-state index is 14.1. The van der Waals surface area contributed by atoms with Crippen LogP contribution in [-0.4, -0.2) is 26.4 Å². The first-order chi connectivity index (χ1) is 19.8. The number of ether oxygens (including phenoxy) is 1. The molecule has 0 fully saturated rings. The first-order valence-electron chi connectivity index (χ1n) is 13.0. The number of esters is 1. The summed E-state index contributed by atoms with van der Waals surface area (Å²) in [5.41, 5.74) is 3.93. The molecule has 1 aliphatic heterocycles. The van der Waals surface area contributed by atoms with Crippen molar-refractivity contribution in [2.24, 2.45) is 4.99 Å². The molecule has 1 aliphatic rings. The van der Waals surface area contributed by atoms with Crippen LogP contribution < -0.4 is 14.9 Å². The van der Waals surface area contributed by atoms with Gasteiger partial charge in [0.25, 0.3) is 5.56 Å². The molecule has 6 rings (SSSR count). The highest BCUT2D eigenvalue weighted by Crippen LogP contribution is 2.33. The van der Waals surface area contributed by atoms with Crippen molar-refractivity contribution in [3.05, 3.63) is 125 Å². The van der Waals surface area contributed by atoms with E-state index in [1.807, 2.05) is 84.4 Å². The number of aromatic nitrogens is 3. The molecule has 0 aliphatic carbocycles. The van der Waals surface area contributed by atoms with Crippen LogP contribution in [0.2, 0.25) is 5.02 Å². The van der Waals surface area contributed by atoms with Gasteiger partial charge in [-0.3, -0.25) is 9.36 Å². The number of para-hydroxylation sites is 1. The summed E-state index contributed by atoms with van der Waals surface area (Å²) < 4.78 is 9.46. The molecule has 2 aromatic carbocycles. The van der Waals surface area contributed by atoms with Crippen molar-refractivity contribution in [2.75, 3.05) is 0 Å². The number of nitrogens with zero attached hydrogens (tertiary/aromatic N) is 4. The molecule has 5 aromatic rings. The topological polar surface area (TPSA) is 78.5 Å². The van der Waals surface area contributed by atoms with Crippen LogP contribution in [0.1, 0.15) is 37.3 Å². The second-order valence-electron chi connectivity index (χ2n) is 9.77. The number of rotatable bonds is 6. The molecule has 0 amide bonds. The van der Waals surface area contributed by atoms with Gasteiger partial charge in [0.15, 0.2) is 4.80 Å². The van der Waals surface area contributed by atoms with E-state index in [0.29, 0.717) is 31.3 Å². The summed E-state index contributed by atoms with van der Waals surface area (Å²) in [4.78, 5) is 33.4. The Hall–Kier alpha value is -4.05. The van der Waals surface area contributed by atoms with E-state index in [-0.39, 0.29) is 11.7 Å². The fourth-order valence-electron chi connectivity index (χ4n) is 4.76. The van der Waals surface area contributed by atoms with Crippen molar-refractivity contribution >= 4 is 46.3 Å². The van der Waals surface area contributed by atoms with E-state index in [1.165, 1.54) is 22.7 Å². The number of hydrogen-bond acceptors (Lipinski definition) is 7. The van der Waals surface area contributed by atoms with Crippen molar-refractivity contribution in [1.29, 1.82) is 0 Å². The van der Waals surface area contributed by atoms with Gasteiger partial charge < -0.3 is 4.74 Å². The SMILES string of the molecule is CC1=C(C(=O)OC(C)C)C(c2cccs2)n2c(sc(=Cc3cn(-c4ccccc4)nc3-c3ccc(Cl)cc3)c2=O)=N1. The Balaban J connectivity index is 1.54. The van der Waals surface area contributed by atoms with E-state index in [1.54, 1.807) is 30.0 Å². The zero-order valence-electron chi connectivity index (χ0n) is 22.4. The van der Waals surface area contributed by atoms with Crippen molar-refractivity contribution in [2.45, 2.75) is 32.9 Å². The lowest BCUT2D eigenvalue weighted by Gasteiger charge is -2.24. The fourth-order valence-corrected chi connectivity index (χ4v) is 6.74. The minimum absolute atomic E-state index is 0.232. The summed E-state index contributed by atoms with van der Waals surface area (Å²) in [5, 5.41) is 7.43. The van der Waals surface area contributed by atoms with Crippen LogP contribution in [0.15, 0.2) is 99.4 Å². The van der Waals surface area contributed by atoms with Crippen LogP contribution in [0.5, 0.6) is 0 Å². The summed E-state index contributed by atoms with van der Waals surface area (Å²) in [6.07, 6.45) is 3.45. The Morgan fingerprint density at radius 3 is 2.51 bits per heavy atom. The van der Waals surface area contributed by atoms with Crippen molar-refractivity contribution in [1.82, 2.24) is 14.3 Å². The monoisotopic (exact) mass is 600 g/mol. The Morgan fingerprint density at radius 1 is 1.07 bits per heavy atom. The molecule has 0 bridgehead atoms. The van der Waals surface area contributed by atoms with Gasteiger partial charge in [-0.2, -0.15) is 5.10 Å². The number of hydrogen-bond donors (Lipinski definition) is 0. The average Bonchev–Trinajstić information content (AvgIpc) is 3.69. The largest absolute Gasteiger partial charge is 0.459 e. The highest BCUT2D eigenvalue weighted by Gasteiger charge is 2.34. The van der Waals surface area contributed by atoms with Crippen LogP contribution in [0.3, 0.4) is 0 Å². The standard InChI is InChI=1S/C31H25ClN4O3S2/c1-18(2)39-30(38)26-19(3)33-31-36(28(26)24-10-7-15-40-24)29(37)25(41-31)16-21-17-35(23-8-5-4-6-9-23)34-27(21)20-11-13-22(32)14-12-20/h4-18,28H,1-3H3. The van der Waals surface area contributed by atoms with E-state index in [9.17, 15) is 9.59 Å². The molecular weight excluding hydrogens is 576 g/mol. The van der Waals surface area contributed by atoms with Crippen molar-refractivity contribution in [3.8, 4) is 16.9 Å². The van der Waals surface area contributed by atoms with Gasteiger partial charge in [0.2, 0.25) is 0 Å². The molecule has 10 heteroatoms. The summed E-state index contributed by atoms with van der Waals surface area (Å²) >= 11 is 8.93. The highest BCUT2D eigenvalue weighted by molar-refractivity contribution is 7.10. The van der Waals surface area contributed by atoms with Gasteiger partial charge in [-0.25, -0.2) is 14.5 Å². The quantitative estimate of drug-likeness (QED) is 0.232. The van der Waals surface area contributed by atoms with Crippen LogP contribution in [0, 0.1) is 0 Å². The number of carbonyl (C=O) groups is 1. The zero-order chi connectivity index (χ0) is 28.7. The third kappa shape index (κ3) is 5.24. The third-order valence-electron chi connectivity index (χ3n) is 6.56. The molecule has 1 unspecified atom stereocenters. The van der Waals surface area contributed by atoms with E-state index < -0.39 is 12.0 Å². The molecule has 41 heavy (non-hydrogen) atoms. The average molecular weight is 601 g/mol. The van der Waals surface area contributed by atoms with E-state index in [4.69, 9.17) is 26.4 Å². The molecule has 0 N–H and O–H groups in total. The van der Waals surface area contributed by atoms with Gasteiger partial charge in [0.1, 0.15) is 11.7 Å². The lowest BCUT2D eigenvalue weighted by atomic mass is 10.0. The molecule has 0 saturated heterocycles. The minimum atomic E-state index is -0.623. The number of carbonyl (C=O) groups excluding carboxylic acids is 1. The first kappa shape index (κ1) is 27.1. The lowest BCUT2D eigenvalue weighted by Crippen LogP contribution is -2.39. The number of fused-ring (bicyclic) bond motifs is 1. The second-order valence-corrected chi connectivity index (χ2v) is 12.2. The van der Waals surface area contributed by atoms with Crippen LogP contribution in [0.4, 0.5) is 0 Å². The molecule has 1 atom stereocenters. The number of halogens is 1. The number of allylic oxidation sites excluding steroid dienone is 1. The van der Waals surface area contributed by atoms with Crippen molar-refractivity contribution in [3.63, 3.8) is 0 Å². The fraction of sp³-hybridized carbons (Fsp3) is 0.161. The summed E-state index contributed by atoms with van der Waals surface area (Å²) in [5.74, 6) is -0.469. The lowest BCUT2D eigenvalue weighted by molar-refractivity contribution is -0.143. The van der Waals surface area contributed by atoms with Crippen LogP contribution in [-0.2, 0) is 9.53 Å². The van der Waals surface area contributed by atoms with Gasteiger partial charge in [0, 0.05) is 27.2 Å². The second kappa shape index (κ2) is 11.1. The molecule has 3 aromatic heterocycles. The number of benzene rings is 2. The van der Waals surface area contributed by atoms with Crippen LogP contribution >= 0.6 is 34.3 Å². The van der Waals surface area contributed by atoms with Gasteiger partial charge in [-0.05, 0) is 62.6 Å². The van der Waals surface area contributed by atoms with E-state index in [0.717, 1.165) is 21.7 Å². The maximum Gasteiger partial charge on any atom is 0.338 e. The number of thiophene rings is 1. The predicted molar refractivity (Wildman–Crippen MR) is 163 cm³/mol. The molecule has 0 saturated carbocycles. The Morgan fingerprint density at radius 2 is 1.83 bits per heavy atom. The van der Waals surface area contributed by atoms with Gasteiger partial charge in [-0.15, -0.1) is 11.3 Å².